The molecule has 0 unspecified atom stereocenters. The molecule has 4 aromatic rings. The van der Waals surface area contributed by atoms with Gasteiger partial charge in [-0.3, -0.25) is 4.79 Å². The smallest absolute Gasteiger partial charge is 0.291 e. The molecule has 1 amide bonds. The highest BCUT2D eigenvalue weighted by Crippen LogP contribution is 2.29. The topological polar surface area (TPSA) is 82.2 Å². The fraction of sp³-hybridized carbons (Fsp3) is 0.250. The van der Waals surface area contributed by atoms with Crippen LogP contribution in [0.1, 0.15) is 36.0 Å². The van der Waals surface area contributed by atoms with Crippen molar-refractivity contribution >= 4 is 33.6 Å². The Balaban J connectivity index is 1.65. The van der Waals surface area contributed by atoms with Crippen molar-refractivity contribution in [2.45, 2.75) is 26.8 Å². The van der Waals surface area contributed by atoms with Crippen LogP contribution in [0.3, 0.4) is 0 Å². The number of aryl methyl sites for hydroxylation is 1. The zero-order valence-electron chi connectivity index (χ0n) is 15.6. The second-order valence-electron chi connectivity index (χ2n) is 6.69. The van der Waals surface area contributed by atoms with Gasteiger partial charge in [-0.2, -0.15) is 5.10 Å². The first-order chi connectivity index (χ1) is 13.0. The standard InChI is InChI=1S/C20H20N4O3/c1-11(2)24-19-13(9-22-24)7-14(10-21-19)23-20(25)18-12(3)16-8-15(26-4)5-6-17(16)27-18/h5-11H,1-4H3,(H,23,25). The van der Waals surface area contributed by atoms with Crippen LogP contribution in [0, 0.1) is 6.92 Å². The number of nitrogens with one attached hydrogen (secondary N) is 1. The van der Waals surface area contributed by atoms with Gasteiger partial charge in [0.2, 0.25) is 0 Å². The number of rotatable bonds is 4. The van der Waals surface area contributed by atoms with Crippen LogP contribution in [-0.2, 0) is 0 Å². The first-order valence-electron chi connectivity index (χ1n) is 8.69. The van der Waals surface area contributed by atoms with Gasteiger partial charge in [0, 0.05) is 22.4 Å². The van der Waals surface area contributed by atoms with Gasteiger partial charge in [0.25, 0.3) is 5.91 Å². The monoisotopic (exact) mass is 364 g/mol. The Morgan fingerprint density at radius 2 is 2.07 bits per heavy atom. The molecular weight excluding hydrogens is 344 g/mol. The molecule has 7 nitrogen and oxygen atoms in total. The van der Waals surface area contributed by atoms with Gasteiger partial charge in [0.05, 0.1) is 25.2 Å². The van der Waals surface area contributed by atoms with E-state index in [2.05, 4.69) is 15.4 Å². The van der Waals surface area contributed by atoms with Crippen LogP contribution in [0.15, 0.2) is 41.1 Å². The minimum Gasteiger partial charge on any atom is -0.497 e. The second kappa shape index (κ2) is 6.42. The summed E-state index contributed by atoms with van der Waals surface area (Å²) in [6.45, 7) is 5.95. The number of ether oxygens (including phenoxy) is 1. The van der Waals surface area contributed by atoms with Crippen LogP contribution >= 0.6 is 0 Å². The Bertz CT molecular complexity index is 1160. The molecule has 0 saturated heterocycles. The molecule has 0 aliphatic carbocycles. The summed E-state index contributed by atoms with van der Waals surface area (Å²) in [5.74, 6) is 0.673. The Morgan fingerprint density at radius 1 is 1.26 bits per heavy atom. The first kappa shape index (κ1) is 17.1. The fourth-order valence-electron chi connectivity index (χ4n) is 3.12. The lowest BCUT2D eigenvalue weighted by Crippen LogP contribution is -2.12. The number of pyridine rings is 1. The molecule has 4 rings (SSSR count). The van der Waals surface area contributed by atoms with E-state index >= 15 is 0 Å². The number of hydrogen-bond donors (Lipinski definition) is 1. The predicted molar refractivity (Wildman–Crippen MR) is 103 cm³/mol. The van der Waals surface area contributed by atoms with Crippen LogP contribution in [0.4, 0.5) is 5.69 Å². The molecule has 0 aliphatic rings. The lowest BCUT2D eigenvalue weighted by molar-refractivity contribution is 0.0998. The van der Waals surface area contributed by atoms with Crippen molar-refractivity contribution in [2.24, 2.45) is 0 Å². The number of amides is 1. The summed E-state index contributed by atoms with van der Waals surface area (Å²) >= 11 is 0. The summed E-state index contributed by atoms with van der Waals surface area (Å²) in [6.07, 6.45) is 3.37. The second-order valence-corrected chi connectivity index (χ2v) is 6.69. The molecule has 0 fully saturated rings. The van der Waals surface area contributed by atoms with E-state index in [1.54, 1.807) is 31.6 Å². The van der Waals surface area contributed by atoms with Crippen molar-refractivity contribution < 1.29 is 13.9 Å². The molecule has 1 aromatic carbocycles. The van der Waals surface area contributed by atoms with Gasteiger partial charge in [0.1, 0.15) is 11.3 Å². The van der Waals surface area contributed by atoms with E-state index in [9.17, 15) is 4.79 Å². The van der Waals surface area contributed by atoms with Crippen LogP contribution in [0.2, 0.25) is 0 Å². The maximum Gasteiger partial charge on any atom is 0.291 e. The quantitative estimate of drug-likeness (QED) is 0.583. The van der Waals surface area contributed by atoms with Gasteiger partial charge >= 0.3 is 0 Å². The molecule has 0 bridgehead atoms. The number of nitrogens with zero attached hydrogens (tertiary/aromatic N) is 3. The number of aromatic nitrogens is 3. The molecular formula is C20H20N4O3. The van der Waals surface area contributed by atoms with Crippen molar-refractivity contribution in [3.05, 3.63) is 48.0 Å². The third-order valence-electron chi connectivity index (χ3n) is 4.53. The highest BCUT2D eigenvalue weighted by atomic mass is 16.5. The Hall–Kier alpha value is -3.35. The number of carbonyl (C=O) groups is 1. The first-order valence-corrected chi connectivity index (χ1v) is 8.69. The number of furan rings is 1. The van der Waals surface area contributed by atoms with Gasteiger partial charge in [-0.1, -0.05) is 0 Å². The zero-order chi connectivity index (χ0) is 19.1. The number of anilines is 1. The summed E-state index contributed by atoms with van der Waals surface area (Å²) in [7, 11) is 1.61. The summed E-state index contributed by atoms with van der Waals surface area (Å²) in [6, 6.07) is 7.53. The van der Waals surface area contributed by atoms with E-state index in [4.69, 9.17) is 9.15 Å². The third-order valence-corrected chi connectivity index (χ3v) is 4.53. The van der Waals surface area contributed by atoms with Crippen LogP contribution in [0.25, 0.3) is 22.0 Å². The lowest BCUT2D eigenvalue weighted by Gasteiger charge is -2.07. The van der Waals surface area contributed by atoms with E-state index < -0.39 is 0 Å². The van der Waals surface area contributed by atoms with Gasteiger partial charge in [-0.05, 0) is 45.0 Å². The van der Waals surface area contributed by atoms with Gasteiger partial charge in [-0.25, -0.2) is 9.67 Å². The molecule has 0 radical (unpaired) electrons. The molecule has 1 N–H and O–H groups in total. The number of hydrogen-bond acceptors (Lipinski definition) is 5. The molecule has 0 spiro atoms. The Kier molecular flexibility index (Phi) is 4.07. The van der Waals surface area contributed by atoms with Gasteiger partial charge in [0.15, 0.2) is 11.4 Å². The van der Waals surface area contributed by atoms with E-state index in [0.29, 0.717) is 11.3 Å². The molecule has 3 aromatic heterocycles. The summed E-state index contributed by atoms with van der Waals surface area (Å²) in [4.78, 5) is 17.2. The number of carbonyl (C=O) groups excluding carboxylic acids is 1. The normalized spacial score (nSPS) is 11.4. The van der Waals surface area contributed by atoms with Gasteiger partial charge < -0.3 is 14.5 Å². The summed E-state index contributed by atoms with van der Waals surface area (Å²) < 4.78 is 12.8. The van der Waals surface area contributed by atoms with E-state index in [1.807, 2.05) is 37.6 Å². The maximum absolute atomic E-state index is 12.7. The molecule has 7 heteroatoms. The van der Waals surface area contributed by atoms with Crippen molar-refractivity contribution in [2.75, 3.05) is 12.4 Å². The SMILES string of the molecule is COc1ccc2oc(C(=O)Nc3cnc4c(cnn4C(C)C)c3)c(C)c2c1. The average molecular weight is 364 g/mol. The maximum atomic E-state index is 12.7. The highest BCUT2D eigenvalue weighted by Gasteiger charge is 2.19. The van der Waals surface area contributed by atoms with Crippen molar-refractivity contribution in [1.29, 1.82) is 0 Å². The van der Waals surface area contributed by atoms with E-state index in [-0.39, 0.29) is 17.7 Å². The number of benzene rings is 1. The van der Waals surface area contributed by atoms with Crippen molar-refractivity contribution in [3.8, 4) is 5.75 Å². The van der Waals surface area contributed by atoms with Crippen molar-refractivity contribution in [3.63, 3.8) is 0 Å². The number of methoxy groups -OCH3 is 1. The molecule has 27 heavy (non-hydrogen) atoms. The highest BCUT2D eigenvalue weighted by molar-refractivity contribution is 6.07. The number of fused-ring (bicyclic) bond motifs is 2. The van der Waals surface area contributed by atoms with E-state index in [1.165, 1.54) is 0 Å². The Morgan fingerprint density at radius 3 is 2.81 bits per heavy atom. The summed E-state index contributed by atoms with van der Waals surface area (Å²) in [5.41, 5.74) is 2.79. The molecule has 0 aliphatic heterocycles. The van der Waals surface area contributed by atoms with Gasteiger partial charge in [-0.15, -0.1) is 0 Å². The molecule has 138 valence electrons. The van der Waals surface area contributed by atoms with Crippen LogP contribution in [0.5, 0.6) is 5.75 Å². The van der Waals surface area contributed by atoms with Crippen LogP contribution in [-0.4, -0.2) is 27.8 Å². The summed E-state index contributed by atoms with van der Waals surface area (Å²) in [5, 5.41) is 8.92. The predicted octanol–water partition coefficient (Wildman–Crippen LogP) is 4.33. The third kappa shape index (κ3) is 2.91. The Labute approximate surface area is 155 Å². The van der Waals surface area contributed by atoms with Crippen molar-refractivity contribution in [1.82, 2.24) is 14.8 Å². The molecule has 0 atom stereocenters. The largest absolute Gasteiger partial charge is 0.497 e. The fourth-order valence-corrected chi connectivity index (χ4v) is 3.12. The van der Waals surface area contributed by atoms with Crippen LogP contribution < -0.4 is 10.1 Å². The van der Waals surface area contributed by atoms with E-state index in [0.717, 1.165) is 27.7 Å². The molecule has 0 saturated carbocycles. The average Bonchev–Trinajstić information content (AvgIpc) is 3.22. The lowest BCUT2D eigenvalue weighted by atomic mass is 10.1. The minimum atomic E-state index is -0.319. The minimum absolute atomic E-state index is 0.214. The molecule has 3 heterocycles. The zero-order valence-corrected chi connectivity index (χ0v) is 15.6.